The first-order valence-corrected chi connectivity index (χ1v) is 3.03. The maximum Gasteiger partial charge on any atom is 0.114 e. The van der Waals surface area contributed by atoms with E-state index in [0.717, 1.165) is 16.6 Å². The largest absolute Gasteiger partial charge is 0.114 e. The highest BCUT2D eigenvalue weighted by molar-refractivity contribution is 6.34. The van der Waals surface area contributed by atoms with E-state index in [2.05, 4.69) is 0 Å². The first-order valence-electron chi connectivity index (χ1n) is 3.03. The van der Waals surface area contributed by atoms with Crippen LogP contribution in [0.4, 0.5) is 0 Å². The minimum absolute atomic E-state index is 0.914. The molecule has 0 heterocycles. The Bertz CT molecular complexity index is 196. The van der Waals surface area contributed by atoms with Crippen LogP contribution in [0.25, 0.3) is 0 Å². The molecule has 0 amide bonds. The van der Waals surface area contributed by atoms with Crippen LogP contribution in [0.3, 0.4) is 0 Å². The molecule has 0 saturated heterocycles. The van der Waals surface area contributed by atoms with Crippen molar-refractivity contribution < 1.29 is 0 Å². The predicted molar refractivity (Wildman–Crippen MR) is 41.3 cm³/mol. The number of hydrogen-bond acceptors (Lipinski definition) is 0. The fourth-order valence-electron chi connectivity index (χ4n) is 0.827. The van der Waals surface area contributed by atoms with Gasteiger partial charge < -0.3 is 0 Å². The van der Waals surface area contributed by atoms with Crippen molar-refractivity contribution in [3.05, 3.63) is 29.3 Å². The van der Waals surface area contributed by atoms with Crippen LogP contribution in [0.2, 0.25) is 0 Å². The van der Waals surface area contributed by atoms with Gasteiger partial charge in [0.1, 0.15) is 7.85 Å². The van der Waals surface area contributed by atoms with Crippen LogP contribution in [-0.4, -0.2) is 7.85 Å². The van der Waals surface area contributed by atoms with Gasteiger partial charge in [-0.1, -0.05) is 34.8 Å². The number of benzene rings is 1. The Balaban J connectivity index is 3.25. The number of hydrogen-bond donors (Lipinski definition) is 0. The minimum Gasteiger partial charge on any atom is -0.0909 e. The molecule has 0 aliphatic heterocycles. The molecule has 1 heteroatoms. The summed E-state index contributed by atoms with van der Waals surface area (Å²) in [5.41, 5.74) is 3.24. The van der Waals surface area contributed by atoms with E-state index in [-0.39, 0.29) is 0 Å². The SMILES string of the molecule is [B]c1c(C)cccc1C. The standard InChI is InChI=1S/C8H9B/c1-6-4-3-5-7(2)8(6)9/h3-5H,1-2H3. The molecule has 0 atom stereocenters. The Morgan fingerprint density at radius 1 is 1.11 bits per heavy atom. The van der Waals surface area contributed by atoms with Crippen LogP contribution in [0.1, 0.15) is 11.1 Å². The summed E-state index contributed by atoms with van der Waals surface area (Å²) in [4.78, 5) is 0. The first-order chi connectivity index (χ1) is 4.22. The van der Waals surface area contributed by atoms with Crippen molar-refractivity contribution in [1.29, 1.82) is 0 Å². The van der Waals surface area contributed by atoms with Crippen molar-refractivity contribution in [3.63, 3.8) is 0 Å². The molecule has 0 spiro atoms. The molecule has 44 valence electrons. The monoisotopic (exact) mass is 116 g/mol. The smallest absolute Gasteiger partial charge is 0.0909 e. The molecule has 0 aromatic heterocycles. The molecule has 0 N–H and O–H groups in total. The third-order valence-corrected chi connectivity index (χ3v) is 1.54. The normalized spacial score (nSPS) is 9.56. The zero-order valence-electron chi connectivity index (χ0n) is 5.81. The summed E-state index contributed by atoms with van der Waals surface area (Å²) < 4.78 is 0. The molecule has 0 saturated carbocycles. The highest BCUT2D eigenvalue weighted by Crippen LogP contribution is 1.96. The molecule has 0 aliphatic rings. The molecule has 1 rings (SSSR count). The van der Waals surface area contributed by atoms with Crippen LogP contribution in [0.15, 0.2) is 18.2 Å². The zero-order chi connectivity index (χ0) is 6.85. The lowest BCUT2D eigenvalue weighted by molar-refractivity contribution is 1.43. The van der Waals surface area contributed by atoms with Crippen LogP contribution in [0, 0.1) is 13.8 Å². The van der Waals surface area contributed by atoms with Crippen LogP contribution >= 0.6 is 0 Å². The molecule has 9 heavy (non-hydrogen) atoms. The van der Waals surface area contributed by atoms with Gasteiger partial charge >= 0.3 is 0 Å². The summed E-state index contributed by atoms with van der Waals surface area (Å²) in [7, 11) is 5.68. The van der Waals surface area contributed by atoms with Gasteiger partial charge in [0.25, 0.3) is 0 Å². The van der Waals surface area contributed by atoms with Crippen molar-refractivity contribution in [3.8, 4) is 0 Å². The van der Waals surface area contributed by atoms with Gasteiger partial charge in [-0.05, 0) is 13.8 Å². The lowest BCUT2D eigenvalue weighted by Crippen LogP contribution is -2.10. The van der Waals surface area contributed by atoms with Crippen molar-refractivity contribution in [1.82, 2.24) is 0 Å². The molecule has 0 nitrogen and oxygen atoms in total. The Labute approximate surface area is 57.3 Å². The van der Waals surface area contributed by atoms with E-state index in [1.807, 2.05) is 32.0 Å². The first kappa shape index (κ1) is 6.41. The number of rotatable bonds is 0. The summed E-state index contributed by atoms with van der Waals surface area (Å²) in [6.07, 6.45) is 0. The van der Waals surface area contributed by atoms with Crippen LogP contribution < -0.4 is 5.46 Å². The lowest BCUT2D eigenvalue weighted by Gasteiger charge is -2.01. The maximum atomic E-state index is 5.68. The fraction of sp³-hybridized carbons (Fsp3) is 0.250. The highest BCUT2D eigenvalue weighted by Gasteiger charge is 1.91. The van der Waals surface area contributed by atoms with E-state index in [1.165, 1.54) is 0 Å². The third kappa shape index (κ3) is 1.15. The van der Waals surface area contributed by atoms with E-state index >= 15 is 0 Å². The summed E-state index contributed by atoms with van der Waals surface area (Å²) in [5.74, 6) is 0. The Hall–Kier alpha value is -0.715. The topological polar surface area (TPSA) is 0 Å². The summed E-state index contributed by atoms with van der Waals surface area (Å²) in [6, 6.07) is 6.05. The molecule has 0 bridgehead atoms. The highest BCUT2D eigenvalue weighted by atomic mass is 13.9. The number of aryl methyl sites for hydroxylation is 2. The zero-order valence-corrected chi connectivity index (χ0v) is 5.81. The molecule has 2 radical (unpaired) electrons. The molecule has 0 fully saturated rings. The summed E-state index contributed by atoms with van der Waals surface area (Å²) >= 11 is 0. The van der Waals surface area contributed by atoms with Crippen LogP contribution in [0.5, 0.6) is 0 Å². The second kappa shape index (κ2) is 2.26. The Morgan fingerprint density at radius 3 is 1.89 bits per heavy atom. The van der Waals surface area contributed by atoms with E-state index in [4.69, 9.17) is 7.85 Å². The van der Waals surface area contributed by atoms with E-state index in [9.17, 15) is 0 Å². The van der Waals surface area contributed by atoms with Gasteiger partial charge in [-0.25, -0.2) is 0 Å². The summed E-state index contributed by atoms with van der Waals surface area (Å²) in [5, 5.41) is 0. The van der Waals surface area contributed by atoms with Gasteiger partial charge in [-0.3, -0.25) is 0 Å². The minimum atomic E-state index is 0.914. The summed E-state index contributed by atoms with van der Waals surface area (Å²) in [6.45, 7) is 4.03. The van der Waals surface area contributed by atoms with Crippen molar-refractivity contribution >= 4 is 13.3 Å². The van der Waals surface area contributed by atoms with Crippen molar-refractivity contribution in [2.45, 2.75) is 13.8 Å². The predicted octanol–water partition coefficient (Wildman–Crippen LogP) is 1.10. The van der Waals surface area contributed by atoms with Gasteiger partial charge in [-0.2, -0.15) is 0 Å². The lowest BCUT2D eigenvalue weighted by atomic mass is 9.87. The molecular weight excluding hydrogens is 107 g/mol. The van der Waals surface area contributed by atoms with Gasteiger partial charge in [0.2, 0.25) is 0 Å². The van der Waals surface area contributed by atoms with Gasteiger partial charge in [-0.15, -0.1) is 0 Å². The van der Waals surface area contributed by atoms with Crippen LogP contribution in [-0.2, 0) is 0 Å². The fourth-order valence-corrected chi connectivity index (χ4v) is 0.827. The maximum absolute atomic E-state index is 5.68. The van der Waals surface area contributed by atoms with E-state index in [1.54, 1.807) is 0 Å². The Kier molecular flexibility index (Phi) is 1.61. The second-order valence-electron chi connectivity index (χ2n) is 2.31. The average Bonchev–Trinajstić information content (AvgIpc) is 1.83. The van der Waals surface area contributed by atoms with Crippen molar-refractivity contribution in [2.75, 3.05) is 0 Å². The average molecular weight is 116 g/mol. The Morgan fingerprint density at radius 2 is 1.56 bits per heavy atom. The molecule has 1 aromatic carbocycles. The quantitative estimate of drug-likeness (QED) is 0.445. The van der Waals surface area contributed by atoms with Gasteiger partial charge in [0.15, 0.2) is 0 Å². The third-order valence-electron chi connectivity index (χ3n) is 1.54. The van der Waals surface area contributed by atoms with Gasteiger partial charge in [0.05, 0.1) is 0 Å². The van der Waals surface area contributed by atoms with Gasteiger partial charge in [0, 0.05) is 0 Å². The molecular formula is C8H9B. The molecule has 0 aliphatic carbocycles. The van der Waals surface area contributed by atoms with E-state index < -0.39 is 0 Å². The molecule has 1 aromatic rings. The second-order valence-corrected chi connectivity index (χ2v) is 2.31. The molecule has 0 unspecified atom stereocenters. The van der Waals surface area contributed by atoms with Crippen molar-refractivity contribution in [2.24, 2.45) is 0 Å². The van der Waals surface area contributed by atoms with E-state index in [0.29, 0.717) is 0 Å².